The van der Waals surface area contributed by atoms with Crippen LogP contribution in [0.5, 0.6) is 0 Å². The number of likely N-dealkylation sites (N-methyl/N-ethyl adjacent to an activating group) is 1. The molecule has 1 heterocycles. The fraction of sp³-hybridized carbons (Fsp3) is 1.00. The molecule has 1 fully saturated rings. The smallest absolute Gasteiger partial charge is 0.0818 e. The third kappa shape index (κ3) is 3.44. The van der Waals surface area contributed by atoms with Crippen LogP contribution in [-0.4, -0.2) is 50.8 Å². The van der Waals surface area contributed by atoms with Gasteiger partial charge in [0, 0.05) is 25.6 Å². The molecule has 2 unspecified atom stereocenters. The maximum Gasteiger partial charge on any atom is 0.0818 e. The lowest BCUT2D eigenvalue weighted by Gasteiger charge is -2.42. The van der Waals surface area contributed by atoms with Crippen molar-refractivity contribution in [2.24, 2.45) is 5.92 Å². The molecule has 2 atom stereocenters. The van der Waals surface area contributed by atoms with Gasteiger partial charge in [0.2, 0.25) is 0 Å². The van der Waals surface area contributed by atoms with E-state index in [1.54, 1.807) is 0 Å². The molecule has 0 saturated carbocycles. The van der Waals surface area contributed by atoms with Gasteiger partial charge in [0.05, 0.1) is 5.60 Å². The van der Waals surface area contributed by atoms with Gasteiger partial charge in [-0.1, -0.05) is 0 Å². The van der Waals surface area contributed by atoms with Crippen LogP contribution in [0.3, 0.4) is 0 Å². The average Bonchev–Trinajstić information content (AvgIpc) is 2.18. The van der Waals surface area contributed by atoms with Crippen molar-refractivity contribution >= 4 is 0 Å². The van der Waals surface area contributed by atoms with Crippen LogP contribution in [-0.2, 0) is 4.74 Å². The highest BCUT2D eigenvalue weighted by atomic mass is 16.5. The molecule has 1 rings (SSSR count). The molecule has 3 heteroatoms. The fourth-order valence-electron chi connectivity index (χ4n) is 2.66. The van der Waals surface area contributed by atoms with Gasteiger partial charge in [-0.3, -0.25) is 0 Å². The van der Waals surface area contributed by atoms with E-state index >= 15 is 0 Å². The summed E-state index contributed by atoms with van der Waals surface area (Å²) in [6.07, 6.45) is 2.59. The zero-order valence-electron chi connectivity index (χ0n) is 10.7. The van der Waals surface area contributed by atoms with Gasteiger partial charge in [0.25, 0.3) is 0 Å². The van der Waals surface area contributed by atoms with Crippen molar-refractivity contribution in [2.75, 3.05) is 40.3 Å². The molecule has 0 amide bonds. The van der Waals surface area contributed by atoms with E-state index < -0.39 is 0 Å². The zero-order chi connectivity index (χ0) is 11.3. The summed E-state index contributed by atoms with van der Waals surface area (Å²) in [7, 11) is 4.21. The summed E-state index contributed by atoms with van der Waals surface area (Å²) in [6.45, 7) is 8.48. The quantitative estimate of drug-likeness (QED) is 0.747. The van der Waals surface area contributed by atoms with E-state index in [9.17, 15) is 0 Å². The van der Waals surface area contributed by atoms with E-state index in [1.807, 2.05) is 7.05 Å². The molecule has 90 valence electrons. The normalized spacial score (nSPS) is 27.6. The predicted molar refractivity (Wildman–Crippen MR) is 64.2 cm³/mol. The molecule has 1 aliphatic rings. The first-order valence-electron chi connectivity index (χ1n) is 6.09. The van der Waals surface area contributed by atoms with Crippen molar-refractivity contribution in [1.82, 2.24) is 10.2 Å². The number of rotatable bonds is 5. The first-order chi connectivity index (χ1) is 7.12. The number of nitrogens with one attached hydrogen (secondary N) is 1. The lowest BCUT2D eigenvalue weighted by Crippen LogP contribution is -2.51. The van der Waals surface area contributed by atoms with Gasteiger partial charge in [-0.05, 0) is 47.3 Å². The van der Waals surface area contributed by atoms with E-state index in [4.69, 9.17) is 4.74 Å². The van der Waals surface area contributed by atoms with Crippen LogP contribution in [0.4, 0.5) is 0 Å². The summed E-state index contributed by atoms with van der Waals surface area (Å²) in [6, 6.07) is 0. The van der Waals surface area contributed by atoms with Crippen LogP contribution >= 0.6 is 0 Å². The lowest BCUT2D eigenvalue weighted by molar-refractivity contribution is -0.0825. The fourth-order valence-corrected chi connectivity index (χ4v) is 2.66. The van der Waals surface area contributed by atoms with Gasteiger partial charge in [-0.25, -0.2) is 0 Å². The minimum Gasteiger partial charge on any atom is -0.374 e. The molecule has 0 aliphatic carbocycles. The van der Waals surface area contributed by atoms with Crippen LogP contribution in [0.25, 0.3) is 0 Å². The van der Waals surface area contributed by atoms with Gasteiger partial charge in [0.15, 0.2) is 0 Å². The van der Waals surface area contributed by atoms with Gasteiger partial charge in [-0.2, -0.15) is 0 Å². The first kappa shape index (κ1) is 12.9. The highest BCUT2D eigenvalue weighted by molar-refractivity contribution is 4.89. The van der Waals surface area contributed by atoms with Crippen LogP contribution in [0.2, 0.25) is 0 Å². The minimum atomic E-state index is -0.00181. The lowest BCUT2D eigenvalue weighted by atomic mass is 9.82. The molecular formula is C12H26N2O. The maximum absolute atomic E-state index is 5.97. The average molecular weight is 214 g/mol. The molecule has 0 spiro atoms. The Morgan fingerprint density at radius 3 is 2.80 bits per heavy atom. The molecule has 3 nitrogen and oxygen atoms in total. The molecule has 0 radical (unpaired) electrons. The van der Waals surface area contributed by atoms with Crippen LogP contribution in [0.15, 0.2) is 0 Å². The predicted octanol–water partition coefficient (Wildman–Crippen LogP) is 1.34. The van der Waals surface area contributed by atoms with Crippen LogP contribution < -0.4 is 5.32 Å². The van der Waals surface area contributed by atoms with Crippen molar-refractivity contribution < 1.29 is 4.74 Å². The standard InChI is InChI=1S/C12H26N2O/c1-5-15-12(2,10-13-3)11-7-6-8-14(4)9-11/h11,13H,5-10H2,1-4H3. The Kier molecular flexibility index (Phi) is 5.03. The number of ether oxygens (including phenoxy) is 1. The van der Waals surface area contributed by atoms with Crippen molar-refractivity contribution in [3.63, 3.8) is 0 Å². The van der Waals surface area contributed by atoms with E-state index in [1.165, 1.54) is 19.4 Å². The van der Waals surface area contributed by atoms with Crippen molar-refractivity contribution in [1.29, 1.82) is 0 Å². The Hall–Kier alpha value is -0.120. The molecule has 1 aliphatic heterocycles. The first-order valence-corrected chi connectivity index (χ1v) is 6.09. The Morgan fingerprint density at radius 1 is 1.53 bits per heavy atom. The Balaban J connectivity index is 2.60. The summed E-state index contributed by atoms with van der Waals surface area (Å²) in [5, 5.41) is 3.26. The molecule has 1 saturated heterocycles. The Labute approximate surface area is 94.2 Å². The molecular weight excluding hydrogens is 188 g/mol. The van der Waals surface area contributed by atoms with E-state index in [-0.39, 0.29) is 5.60 Å². The van der Waals surface area contributed by atoms with E-state index in [0.717, 1.165) is 19.7 Å². The van der Waals surface area contributed by atoms with E-state index in [2.05, 4.69) is 31.1 Å². The molecule has 0 bridgehead atoms. The summed E-state index contributed by atoms with van der Waals surface area (Å²) >= 11 is 0. The number of piperidine rings is 1. The molecule has 1 N–H and O–H groups in total. The summed E-state index contributed by atoms with van der Waals surface area (Å²) in [5.41, 5.74) is -0.00181. The second-order valence-electron chi connectivity index (χ2n) is 4.88. The third-order valence-electron chi connectivity index (χ3n) is 3.49. The van der Waals surface area contributed by atoms with E-state index in [0.29, 0.717) is 5.92 Å². The second kappa shape index (κ2) is 5.83. The Morgan fingerprint density at radius 2 is 2.27 bits per heavy atom. The largest absolute Gasteiger partial charge is 0.374 e. The van der Waals surface area contributed by atoms with Gasteiger partial charge in [-0.15, -0.1) is 0 Å². The highest BCUT2D eigenvalue weighted by Crippen LogP contribution is 2.29. The Bertz CT molecular complexity index is 178. The van der Waals surface area contributed by atoms with Gasteiger partial charge >= 0.3 is 0 Å². The van der Waals surface area contributed by atoms with Gasteiger partial charge in [0.1, 0.15) is 0 Å². The minimum absolute atomic E-state index is 0.00181. The van der Waals surface area contributed by atoms with Crippen LogP contribution in [0.1, 0.15) is 26.7 Å². The number of nitrogens with zero attached hydrogens (tertiary/aromatic N) is 1. The maximum atomic E-state index is 5.97. The van der Waals surface area contributed by atoms with Crippen molar-refractivity contribution in [3.05, 3.63) is 0 Å². The number of likely N-dealkylation sites (tertiary alicyclic amines) is 1. The van der Waals surface area contributed by atoms with Crippen molar-refractivity contribution in [3.8, 4) is 0 Å². The summed E-state index contributed by atoms with van der Waals surface area (Å²) in [4.78, 5) is 2.42. The number of hydrogen-bond donors (Lipinski definition) is 1. The second-order valence-corrected chi connectivity index (χ2v) is 4.88. The molecule has 15 heavy (non-hydrogen) atoms. The van der Waals surface area contributed by atoms with Gasteiger partial charge < -0.3 is 15.0 Å². The monoisotopic (exact) mass is 214 g/mol. The molecule has 0 aromatic heterocycles. The van der Waals surface area contributed by atoms with Crippen LogP contribution in [0, 0.1) is 5.92 Å². The SMILES string of the molecule is CCOC(C)(CNC)C1CCCN(C)C1. The zero-order valence-corrected chi connectivity index (χ0v) is 10.7. The molecule has 0 aromatic carbocycles. The number of hydrogen-bond acceptors (Lipinski definition) is 3. The topological polar surface area (TPSA) is 24.5 Å². The van der Waals surface area contributed by atoms with Crippen molar-refractivity contribution in [2.45, 2.75) is 32.3 Å². The summed E-state index contributed by atoms with van der Waals surface area (Å²) < 4.78 is 5.97. The summed E-state index contributed by atoms with van der Waals surface area (Å²) in [5.74, 6) is 0.656. The molecule has 0 aromatic rings. The third-order valence-corrected chi connectivity index (χ3v) is 3.49. The highest BCUT2D eigenvalue weighted by Gasteiger charge is 2.36.